The van der Waals surface area contributed by atoms with Crippen molar-refractivity contribution in [2.75, 3.05) is 0 Å². The van der Waals surface area contributed by atoms with Gasteiger partial charge >= 0.3 is 25.5 Å². The van der Waals surface area contributed by atoms with Gasteiger partial charge in [0.05, 0.1) is 55.2 Å². The Bertz CT molecular complexity index is 1320. The van der Waals surface area contributed by atoms with Crippen LogP contribution in [0.5, 0.6) is 0 Å². The van der Waals surface area contributed by atoms with Gasteiger partial charge in [-0.15, -0.1) is 0 Å². The third kappa shape index (κ3) is 5.92. The zero-order valence-corrected chi connectivity index (χ0v) is 30.0. The number of nitrogens with zero attached hydrogens (tertiary/aromatic N) is 3. The number of hydrogen-bond acceptors (Lipinski definition) is 14. The van der Waals surface area contributed by atoms with E-state index in [2.05, 4.69) is 42.5 Å². The first-order chi connectivity index (χ1) is 23.8. The summed E-state index contributed by atoms with van der Waals surface area (Å²) >= 11 is 0. The van der Waals surface area contributed by atoms with E-state index in [-0.39, 0.29) is 62.9 Å². The van der Waals surface area contributed by atoms with Gasteiger partial charge in [-0.3, -0.25) is 72.9 Å². The molecule has 9 aliphatic rings. The van der Waals surface area contributed by atoms with Gasteiger partial charge in [0.25, 0.3) is 12.1 Å². The molecule has 0 aromatic carbocycles. The van der Waals surface area contributed by atoms with Crippen molar-refractivity contribution in [3.63, 3.8) is 0 Å². The molecule has 4 aliphatic carbocycles. The molecule has 1 radical (unpaired) electrons. The molecule has 5 heterocycles. The monoisotopic (exact) mass is 789 g/mol. The molecule has 0 amide bonds. The zero-order chi connectivity index (χ0) is 33.6. The molecule has 277 valence electrons. The summed E-state index contributed by atoms with van der Waals surface area (Å²) in [6.07, 6.45) is 12.8. The van der Waals surface area contributed by atoms with E-state index in [1.54, 1.807) is 0 Å². The van der Waals surface area contributed by atoms with Crippen molar-refractivity contribution in [1.82, 2.24) is 42.5 Å². The predicted octanol–water partition coefficient (Wildman–Crippen LogP) is 0.369. The van der Waals surface area contributed by atoms with Crippen molar-refractivity contribution in [2.45, 2.75) is 151 Å². The van der Waals surface area contributed by atoms with E-state index < -0.39 is 57.1 Å². The van der Waals surface area contributed by atoms with Crippen molar-refractivity contribution < 1.29 is 34.2 Å². The molecular formula is C32H53N11O6Ru+3. The van der Waals surface area contributed by atoms with Crippen LogP contribution in [0.25, 0.3) is 0 Å². The third-order valence-electron chi connectivity index (χ3n) is 14.8. The van der Waals surface area contributed by atoms with Crippen LogP contribution in [-0.4, -0.2) is 82.2 Å². The number of nitrogens with one attached hydrogen (secondary N) is 8. The molecule has 9 rings (SSSR count). The van der Waals surface area contributed by atoms with Gasteiger partial charge in [0.1, 0.15) is 0 Å². The van der Waals surface area contributed by atoms with Gasteiger partial charge in [0.2, 0.25) is 0 Å². The van der Waals surface area contributed by atoms with Crippen LogP contribution in [0.1, 0.15) is 83.5 Å². The first-order valence-electron chi connectivity index (χ1n) is 19.3. The average Bonchev–Trinajstić information content (AvgIpc) is 3.83. The van der Waals surface area contributed by atoms with E-state index >= 15 is 0 Å². The molecule has 0 spiro atoms. The molecule has 50 heavy (non-hydrogen) atoms. The number of fused-ring (bicyclic) bond motifs is 20. The first kappa shape index (κ1) is 35.5. The molecule has 8 N–H and O–H groups in total. The van der Waals surface area contributed by atoms with Crippen LogP contribution in [0.15, 0.2) is 0 Å². The van der Waals surface area contributed by atoms with E-state index in [1.807, 2.05) is 0 Å². The van der Waals surface area contributed by atoms with E-state index in [9.17, 15) is 30.3 Å². The molecule has 0 aromatic rings. The Morgan fingerprint density at radius 1 is 0.380 bits per heavy atom. The van der Waals surface area contributed by atoms with Gasteiger partial charge < -0.3 is 0 Å². The maximum Gasteiger partial charge on any atom is 3.00 e. The molecular weight excluding hydrogens is 735 g/mol. The van der Waals surface area contributed by atoms with Gasteiger partial charge in [-0.1, -0.05) is 38.5 Å². The summed E-state index contributed by atoms with van der Waals surface area (Å²) in [6, 6.07) is -5.23. The zero-order valence-electron chi connectivity index (χ0n) is 28.3. The fourth-order valence-electron chi connectivity index (χ4n) is 12.8. The Kier molecular flexibility index (Phi) is 9.98. The van der Waals surface area contributed by atoms with Crippen LogP contribution in [0.2, 0.25) is 0 Å². The van der Waals surface area contributed by atoms with Crippen molar-refractivity contribution >= 4 is 0 Å². The summed E-state index contributed by atoms with van der Waals surface area (Å²) in [5, 5.41) is 68.6. The summed E-state index contributed by atoms with van der Waals surface area (Å²) in [7, 11) is 0. The standard InChI is InChI=1S/C32H53N11O6.Ru/c44-41(45)21-13-20-22(24(43(48)49)23(21)42(46)47)32-39-30-19-12-6-5-11-18(19)28(37-30)35-26-15-8-2-1-7-14(15)25(33-26)34-27-16-9-3-4-10-17(16)29(36-27)38-31(20)40-32;/h14-40H,1-13H2;/q;+3. The molecule has 18 heteroatoms. The molecule has 19 unspecified atom stereocenters. The molecule has 9 fully saturated rings. The topological polar surface area (TPSA) is 226 Å². The van der Waals surface area contributed by atoms with Gasteiger partial charge in [-0.2, -0.15) is 0 Å². The Morgan fingerprint density at radius 2 is 0.660 bits per heavy atom. The Morgan fingerprint density at radius 3 is 0.940 bits per heavy atom. The Labute approximate surface area is 304 Å². The minimum Gasteiger partial charge on any atom is -0.286 e. The smallest absolute Gasteiger partial charge is 0.286 e. The van der Waals surface area contributed by atoms with E-state index in [1.165, 1.54) is 32.1 Å². The summed E-state index contributed by atoms with van der Waals surface area (Å²) in [4.78, 5) is 35.5. The second-order valence-corrected chi connectivity index (χ2v) is 16.9. The minimum absolute atomic E-state index is 0. The summed E-state index contributed by atoms with van der Waals surface area (Å²) < 4.78 is 0. The summed E-state index contributed by atoms with van der Waals surface area (Å²) in [5.74, 6) is 1.16. The van der Waals surface area contributed by atoms with Crippen molar-refractivity contribution in [3.05, 3.63) is 30.3 Å². The molecule has 5 aliphatic heterocycles. The van der Waals surface area contributed by atoms with E-state index in [4.69, 9.17) is 0 Å². The second-order valence-electron chi connectivity index (χ2n) is 16.9. The fourth-order valence-corrected chi connectivity index (χ4v) is 12.8. The first-order valence-corrected chi connectivity index (χ1v) is 19.3. The van der Waals surface area contributed by atoms with E-state index in [0.717, 1.165) is 44.9 Å². The van der Waals surface area contributed by atoms with Crippen LogP contribution in [0.3, 0.4) is 0 Å². The van der Waals surface area contributed by atoms with Crippen LogP contribution >= 0.6 is 0 Å². The molecule has 8 bridgehead atoms. The largest absolute Gasteiger partial charge is 3.00 e. The molecule has 5 saturated heterocycles. The number of rotatable bonds is 3. The minimum atomic E-state index is -1.90. The van der Waals surface area contributed by atoms with Crippen LogP contribution in [-0.2, 0) is 19.5 Å². The van der Waals surface area contributed by atoms with Crippen molar-refractivity contribution in [3.8, 4) is 0 Å². The molecule has 0 aromatic heterocycles. The maximum atomic E-state index is 12.8. The fraction of sp³-hybridized carbons (Fsp3) is 1.00. The van der Waals surface area contributed by atoms with Gasteiger partial charge in [-0.25, -0.2) is 0 Å². The summed E-state index contributed by atoms with van der Waals surface area (Å²) in [6.45, 7) is 0. The van der Waals surface area contributed by atoms with Crippen LogP contribution in [0, 0.1) is 77.7 Å². The normalized spacial score (nSPS) is 52.4. The predicted molar refractivity (Wildman–Crippen MR) is 176 cm³/mol. The SMILES string of the molecule is O=[N+]([O-])C1CC2C3NC4NC(NC5NC(NC6NC(NC(N3)C2C([N+](=O)[O-])C1[N+](=O)[O-])C1CCCCC61)C1CCCCC51)C1CCCCC41.[Ru+3]. The number of hydrogen-bond donors (Lipinski definition) is 8. The van der Waals surface area contributed by atoms with E-state index in [0.29, 0.717) is 35.5 Å². The van der Waals surface area contributed by atoms with Gasteiger partial charge in [-0.05, 0) is 74.0 Å². The molecule has 19 atom stereocenters. The Balaban J connectivity index is 0.00000361. The quantitative estimate of drug-likeness (QED) is 0.110. The maximum absolute atomic E-state index is 12.8. The molecule has 17 nitrogen and oxygen atoms in total. The van der Waals surface area contributed by atoms with Gasteiger partial charge in [0, 0.05) is 27.1 Å². The van der Waals surface area contributed by atoms with Crippen LogP contribution in [0.4, 0.5) is 0 Å². The second kappa shape index (κ2) is 14.1. The van der Waals surface area contributed by atoms with Gasteiger partial charge in [0.15, 0.2) is 0 Å². The Hall–Kier alpha value is -1.50. The molecule has 4 saturated carbocycles. The van der Waals surface area contributed by atoms with Crippen LogP contribution < -0.4 is 42.5 Å². The third-order valence-corrected chi connectivity index (χ3v) is 14.8. The van der Waals surface area contributed by atoms with Crippen molar-refractivity contribution in [2.24, 2.45) is 47.3 Å². The number of nitro groups is 3. The van der Waals surface area contributed by atoms with Crippen molar-refractivity contribution in [1.29, 1.82) is 0 Å². The average molecular weight is 789 g/mol. The summed E-state index contributed by atoms with van der Waals surface area (Å²) in [5.41, 5.74) is 0.